The van der Waals surface area contributed by atoms with E-state index < -0.39 is 53.1 Å². The van der Waals surface area contributed by atoms with Crippen molar-refractivity contribution in [2.24, 2.45) is 0 Å². The number of nitrogen functional groups attached to an aromatic ring is 1. The highest BCUT2D eigenvalue weighted by Gasteiger charge is 2.42. The molecule has 0 bridgehead atoms. The summed E-state index contributed by atoms with van der Waals surface area (Å²) in [6.45, 7) is -1.56. The second kappa shape index (κ2) is 8.69. The molecular formula is C22H15F6N5O. The third-order valence-corrected chi connectivity index (χ3v) is 5.00. The van der Waals surface area contributed by atoms with E-state index in [9.17, 15) is 26.7 Å². The number of hydrogen-bond donors (Lipinski definition) is 2. The Kier molecular flexibility index (Phi) is 5.90. The number of hydrogen-bond acceptors (Lipinski definition) is 4. The summed E-state index contributed by atoms with van der Waals surface area (Å²) < 4.78 is 86.5. The first-order valence-electron chi connectivity index (χ1n) is 9.72. The second-order valence-corrected chi connectivity index (χ2v) is 7.33. The van der Waals surface area contributed by atoms with Crippen LogP contribution in [-0.4, -0.2) is 33.0 Å². The molecule has 2 aromatic carbocycles. The molecule has 0 aliphatic heterocycles. The molecule has 0 aliphatic rings. The maximum atomic E-state index is 15.1. The van der Waals surface area contributed by atoms with Gasteiger partial charge < -0.3 is 11.1 Å². The Bertz CT molecular complexity index is 1370. The minimum Gasteiger partial charge on any atom is -0.366 e. The molecule has 1 unspecified atom stereocenters. The summed E-state index contributed by atoms with van der Waals surface area (Å²) in [4.78, 5) is 16.3. The molecular weight excluding hydrogens is 464 g/mol. The number of anilines is 1. The molecule has 34 heavy (non-hydrogen) atoms. The van der Waals surface area contributed by atoms with E-state index in [1.54, 1.807) is 5.32 Å². The van der Waals surface area contributed by atoms with Crippen LogP contribution in [0.15, 0.2) is 54.7 Å². The highest BCUT2D eigenvalue weighted by molar-refractivity contribution is 5.96. The molecule has 176 valence electrons. The predicted octanol–water partition coefficient (Wildman–Crippen LogP) is 4.47. The lowest BCUT2D eigenvalue weighted by atomic mass is 10.0. The molecule has 0 aliphatic carbocycles. The Labute approximate surface area is 188 Å². The molecule has 1 amide bonds. The van der Waals surface area contributed by atoms with Crippen molar-refractivity contribution in [3.8, 4) is 11.1 Å². The summed E-state index contributed by atoms with van der Waals surface area (Å²) in [5, 5.41) is 5.53. The van der Waals surface area contributed by atoms with Gasteiger partial charge in [0.1, 0.15) is 23.0 Å². The van der Waals surface area contributed by atoms with E-state index in [2.05, 4.69) is 10.1 Å². The van der Waals surface area contributed by atoms with Gasteiger partial charge in [-0.2, -0.15) is 4.98 Å². The highest BCUT2D eigenvalue weighted by atomic mass is 19.3. The maximum Gasteiger partial charge on any atom is 0.299 e. The Balaban J connectivity index is 1.57. The minimum atomic E-state index is -4.14. The van der Waals surface area contributed by atoms with Crippen LogP contribution in [0.2, 0.25) is 0 Å². The molecule has 2 aromatic heterocycles. The Morgan fingerprint density at radius 2 is 1.79 bits per heavy atom. The number of pyridine rings is 1. The number of rotatable bonds is 6. The number of aromatic nitrogens is 3. The number of benzene rings is 2. The molecule has 0 radical (unpaired) electrons. The highest BCUT2D eigenvalue weighted by Crippen LogP contribution is 2.35. The van der Waals surface area contributed by atoms with Gasteiger partial charge in [-0.1, -0.05) is 12.1 Å². The van der Waals surface area contributed by atoms with Gasteiger partial charge in [-0.05, 0) is 47.5 Å². The third-order valence-electron chi connectivity index (χ3n) is 5.00. The van der Waals surface area contributed by atoms with Gasteiger partial charge in [0, 0.05) is 11.8 Å². The number of carbonyl (C=O) groups excluding carboxylic acids is 1. The number of nitrogens with two attached hydrogens (primary N) is 1. The van der Waals surface area contributed by atoms with Crippen molar-refractivity contribution >= 4 is 17.5 Å². The van der Waals surface area contributed by atoms with E-state index >= 15 is 4.39 Å². The summed E-state index contributed by atoms with van der Waals surface area (Å²) in [5.41, 5.74) is 4.09. The molecule has 6 nitrogen and oxygen atoms in total. The standard InChI is InChI=1S/C22H15F6N5O/c23-13-3-1-11(2-4-13)19(26)22(27,28)10-30-20(34)17-15(24)6-5-14(18(17)25)12-7-8-33-16(9-12)31-21(29)32-33/h1-9,19H,10H2,(H2,29,32)(H,30,34). The van der Waals surface area contributed by atoms with Crippen molar-refractivity contribution in [3.63, 3.8) is 0 Å². The molecule has 4 rings (SSSR count). The number of nitrogens with one attached hydrogen (secondary N) is 1. The fourth-order valence-electron chi connectivity index (χ4n) is 3.30. The topological polar surface area (TPSA) is 85.3 Å². The van der Waals surface area contributed by atoms with E-state index in [0.29, 0.717) is 0 Å². The number of amides is 1. The smallest absolute Gasteiger partial charge is 0.299 e. The largest absolute Gasteiger partial charge is 0.366 e. The summed E-state index contributed by atoms with van der Waals surface area (Å²) in [6, 6.07) is 7.92. The molecule has 2 heterocycles. The summed E-state index contributed by atoms with van der Waals surface area (Å²) in [7, 11) is 0. The zero-order chi connectivity index (χ0) is 24.6. The number of fused-ring (bicyclic) bond motifs is 1. The van der Waals surface area contributed by atoms with Crippen molar-refractivity contribution in [1.82, 2.24) is 19.9 Å². The summed E-state index contributed by atoms with van der Waals surface area (Å²) in [5.74, 6) is -9.04. The quantitative estimate of drug-likeness (QED) is 0.400. The second-order valence-electron chi connectivity index (χ2n) is 7.33. The van der Waals surface area contributed by atoms with Crippen LogP contribution in [-0.2, 0) is 0 Å². The van der Waals surface area contributed by atoms with Gasteiger partial charge in [0.15, 0.2) is 11.8 Å². The first-order valence-corrected chi connectivity index (χ1v) is 9.72. The predicted molar refractivity (Wildman–Crippen MR) is 110 cm³/mol. The molecule has 3 N–H and O–H groups in total. The lowest BCUT2D eigenvalue weighted by Crippen LogP contribution is -2.40. The zero-order valence-corrected chi connectivity index (χ0v) is 17.1. The van der Waals surface area contributed by atoms with Crippen LogP contribution in [0.25, 0.3) is 16.8 Å². The molecule has 0 saturated carbocycles. The van der Waals surface area contributed by atoms with Crippen molar-refractivity contribution < 1.29 is 31.1 Å². The third kappa shape index (κ3) is 4.38. The van der Waals surface area contributed by atoms with E-state index in [-0.39, 0.29) is 22.7 Å². The van der Waals surface area contributed by atoms with Gasteiger partial charge in [0.25, 0.3) is 11.8 Å². The number of alkyl halides is 3. The van der Waals surface area contributed by atoms with Crippen LogP contribution in [0.1, 0.15) is 22.1 Å². The van der Waals surface area contributed by atoms with Gasteiger partial charge >= 0.3 is 0 Å². The maximum absolute atomic E-state index is 15.1. The normalized spacial score (nSPS) is 12.6. The Hall–Kier alpha value is -4.09. The zero-order valence-electron chi connectivity index (χ0n) is 17.1. The van der Waals surface area contributed by atoms with Crippen molar-refractivity contribution in [3.05, 3.63) is 83.3 Å². The lowest BCUT2D eigenvalue weighted by Gasteiger charge is -2.21. The Morgan fingerprint density at radius 1 is 1.09 bits per heavy atom. The van der Waals surface area contributed by atoms with Crippen LogP contribution in [0.5, 0.6) is 0 Å². The van der Waals surface area contributed by atoms with Crippen molar-refractivity contribution in [1.29, 1.82) is 0 Å². The van der Waals surface area contributed by atoms with Gasteiger partial charge in [0.2, 0.25) is 5.95 Å². The molecule has 1 atom stereocenters. The molecule has 0 saturated heterocycles. The van der Waals surface area contributed by atoms with Crippen molar-refractivity contribution in [2.45, 2.75) is 12.1 Å². The van der Waals surface area contributed by atoms with Gasteiger partial charge in [-0.3, -0.25) is 4.79 Å². The van der Waals surface area contributed by atoms with E-state index in [1.165, 1.54) is 22.8 Å². The van der Waals surface area contributed by atoms with Gasteiger partial charge in [-0.15, -0.1) is 5.10 Å². The van der Waals surface area contributed by atoms with Gasteiger partial charge in [0.05, 0.1) is 6.54 Å². The van der Waals surface area contributed by atoms with Crippen LogP contribution in [0, 0.1) is 17.5 Å². The minimum absolute atomic E-state index is 0.0375. The number of carbonyl (C=O) groups is 1. The summed E-state index contributed by atoms with van der Waals surface area (Å²) >= 11 is 0. The average Bonchev–Trinajstić information content (AvgIpc) is 3.17. The number of nitrogens with zero attached hydrogens (tertiary/aromatic N) is 3. The summed E-state index contributed by atoms with van der Waals surface area (Å²) in [6.07, 6.45) is -1.48. The van der Waals surface area contributed by atoms with Crippen molar-refractivity contribution in [2.75, 3.05) is 12.3 Å². The monoisotopic (exact) mass is 479 g/mol. The van der Waals surface area contributed by atoms with Crippen LogP contribution in [0.3, 0.4) is 0 Å². The molecule has 12 heteroatoms. The average molecular weight is 479 g/mol. The first kappa shape index (κ1) is 23.1. The lowest BCUT2D eigenvalue weighted by molar-refractivity contribution is -0.0701. The molecule has 0 spiro atoms. The van der Waals surface area contributed by atoms with Crippen LogP contribution < -0.4 is 11.1 Å². The van der Waals surface area contributed by atoms with E-state index in [4.69, 9.17) is 5.73 Å². The molecule has 0 fully saturated rings. The fraction of sp³-hybridized carbons (Fsp3) is 0.136. The van der Waals surface area contributed by atoms with E-state index in [0.717, 1.165) is 36.4 Å². The Morgan fingerprint density at radius 3 is 2.50 bits per heavy atom. The fourth-order valence-corrected chi connectivity index (χ4v) is 3.30. The van der Waals surface area contributed by atoms with Crippen LogP contribution >= 0.6 is 0 Å². The van der Waals surface area contributed by atoms with Crippen LogP contribution in [0.4, 0.5) is 32.3 Å². The SMILES string of the molecule is Nc1nc2cc(-c3ccc(F)c(C(=O)NCC(F)(F)C(F)c4ccc(F)cc4)c3F)ccn2n1. The molecule has 4 aromatic rings. The van der Waals surface area contributed by atoms with Gasteiger partial charge in [-0.25, -0.2) is 30.9 Å². The van der Waals surface area contributed by atoms with E-state index in [1.807, 2.05) is 0 Å². The number of halogens is 6. The first-order chi connectivity index (χ1) is 16.1.